The van der Waals surface area contributed by atoms with Gasteiger partial charge in [0.25, 0.3) is 0 Å². The van der Waals surface area contributed by atoms with Gasteiger partial charge in [0.2, 0.25) is 0 Å². The Labute approximate surface area is 86.3 Å². The second-order valence-corrected chi connectivity index (χ2v) is 3.31. The molecule has 0 spiro atoms. The van der Waals surface area contributed by atoms with Crippen LogP contribution in [0.1, 0.15) is 0 Å². The summed E-state index contributed by atoms with van der Waals surface area (Å²) in [7, 11) is 1.74. The van der Waals surface area contributed by atoms with Gasteiger partial charge in [-0.05, 0) is 18.2 Å². The summed E-state index contributed by atoms with van der Waals surface area (Å²) in [5, 5.41) is 4.16. The highest BCUT2D eigenvalue weighted by atomic mass is 19.1. The number of anilines is 2. The first-order valence-corrected chi connectivity index (χ1v) is 4.43. The van der Waals surface area contributed by atoms with Crippen molar-refractivity contribution in [1.29, 1.82) is 0 Å². The van der Waals surface area contributed by atoms with Crippen molar-refractivity contribution >= 4 is 11.5 Å². The standard InChI is InChI=1S/C10H11FN4/c1-15-10(13)5-9(14-15)6-2-3-7(11)8(12)4-6/h2-5H,12-13H2,1H3. The van der Waals surface area contributed by atoms with Gasteiger partial charge in [-0.3, -0.25) is 4.68 Å². The van der Waals surface area contributed by atoms with E-state index in [0.29, 0.717) is 11.5 Å². The number of rotatable bonds is 1. The molecule has 0 saturated heterocycles. The number of aromatic nitrogens is 2. The summed E-state index contributed by atoms with van der Waals surface area (Å²) in [6.07, 6.45) is 0. The topological polar surface area (TPSA) is 69.9 Å². The summed E-state index contributed by atoms with van der Waals surface area (Å²) in [5.41, 5.74) is 12.6. The molecule has 0 amide bonds. The van der Waals surface area contributed by atoms with Crippen LogP contribution >= 0.6 is 0 Å². The zero-order valence-corrected chi connectivity index (χ0v) is 8.24. The summed E-state index contributed by atoms with van der Waals surface area (Å²) in [4.78, 5) is 0. The Bertz CT molecular complexity index is 485. The monoisotopic (exact) mass is 206 g/mol. The van der Waals surface area contributed by atoms with Crippen molar-refractivity contribution in [3.8, 4) is 11.3 Å². The van der Waals surface area contributed by atoms with Crippen molar-refractivity contribution in [1.82, 2.24) is 9.78 Å². The third-order valence-electron chi connectivity index (χ3n) is 2.21. The molecule has 0 atom stereocenters. The Morgan fingerprint density at radius 3 is 2.53 bits per heavy atom. The molecule has 0 saturated carbocycles. The number of nitrogens with two attached hydrogens (primary N) is 2. The lowest BCUT2D eigenvalue weighted by atomic mass is 10.1. The first kappa shape index (κ1) is 9.51. The normalized spacial score (nSPS) is 10.5. The summed E-state index contributed by atoms with van der Waals surface area (Å²) >= 11 is 0. The first-order valence-electron chi connectivity index (χ1n) is 4.43. The van der Waals surface area contributed by atoms with Crippen LogP contribution in [0.3, 0.4) is 0 Å². The van der Waals surface area contributed by atoms with Gasteiger partial charge in [-0.15, -0.1) is 0 Å². The van der Waals surface area contributed by atoms with Gasteiger partial charge in [0.05, 0.1) is 11.4 Å². The smallest absolute Gasteiger partial charge is 0.146 e. The molecule has 0 unspecified atom stereocenters. The van der Waals surface area contributed by atoms with Crippen molar-refractivity contribution in [2.75, 3.05) is 11.5 Å². The van der Waals surface area contributed by atoms with Crippen LogP contribution in [0.5, 0.6) is 0 Å². The third-order valence-corrected chi connectivity index (χ3v) is 2.21. The predicted molar refractivity (Wildman–Crippen MR) is 57.4 cm³/mol. The van der Waals surface area contributed by atoms with E-state index in [2.05, 4.69) is 5.10 Å². The highest BCUT2D eigenvalue weighted by Crippen LogP contribution is 2.23. The van der Waals surface area contributed by atoms with E-state index in [4.69, 9.17) is 11.5 Å². The molecule has 1 heterocycles. The molecule has 1 aromatic heterocycles. The lowest BCUT2D eigenvalue weighted by Crippen LogP contribution is -1.96. The van der Waals surface area contributed by atoms with Crippen molar-refractivity contribution < 1.29 is 4.39 Å². The fraction of sp³-hybridized carbons (Fsp3) is 0.100. The largest absolute Gasteiger partial charge is 0.396 e. The molecule has 0 fully saturated rings. The van der Waals surface area contributed by atoms with Gasteiger partial charge in [0.15, 0.2) is 0 Å². The van der Waals surface area contributed by atoms with Gasteiger partial charge < -0.3 is 11.5 Å². The van der Waals surface area contributed by atoms with Crippen LogP contribution in [0, 0.1) is 5.82 Å². The Hall–Kier alpha value is -2.04. The molecule has 15 heavy (non-hydrogen) atoms. The van der Waals surface area contributed by atoms with E-state index in [9.17, 15) is 4.39 Å². The SMILES string of the molecule is Cn1nc(-c2ccc(F)c(N)c2)cc1N. The lowest BCUT2D eigenvalue weighted by molar-refractivity contribution is 0.632. The zero-order valence-electron chi connectivity index (χ0n) is 8.24. The van der Waals surface area contributed by atoms with E-state index < -0.39 is 5.82 Å². The third kappa shape index (κ3) is 1.63. The van der Waals surface area contributed by atoms with Crippen LogP contribution in [-0.2, 0) is 7.05 Å². The molecule has 1 aromatic carbocycles. The molecule has 0 aliphatic heterocycles. The van der Waals surface area contributed by atoms with Gasteiger partial charge in [0.1, 0.15) is 11.6 Å². The van der Waals surface area contributed by atoms with Gasteiger partial charge in [-0.25, -0.2) is 4.39 Å². The number of halogens is 1. The minimum absolute atomic E-state index is 0.108. The fourth-order valence-corrected chi connectivity index (χ4v) is 1.33. The summed E-state index contributed by atoms with van der Waals surface area (Å²) < 4.78 is 14.5. The van der Waals surface area contributed by atoms with Crippen molar-refractivity contribution in [3.63, 3.8) is 0 Å². The highest BCUT2D eigenvalue weighted by molar-refractivity contribution is 5.66. The average molecular weight is 206 g/mol. The van der Waals surface area contributed by atoms with Gasteiger partial charge in [0, 0.05) is 18.7 Å². The Balaban J connectivity index is 2.49. The maximum Gasteiger partial charge on any atom is 0.146 e. The van der Waals surface area contributed by atoms with Crippen molar-refractivity contribution in [2.24, 2.45) is 7.05 Å². The number of hydrogen-bond acceptors (Lipinski definition) is 3. The maximum atomic E-state index is 12.9. The first-order chi connectivity index (χ1) is 7.08. The number of benzene rings is 1. The highest BCUT2D eigenvalue weighted by Gasteiger charge is 2.06. The van der Waals surface area contributed by atoms with Crippen LogP contribution < -0.4 is 11.5 Å². The molecule has 0 aliphatic carbocycles. The lowest BCUT2D eigenvalue weighted by Gasteiger charge is -1.99. The molecule has 4 N–H and O–H groups in total. The van der Waals surface area contributed by atoms with E-state index in [1.54, 1.807) is 23.9 Å². The molecular weight excluding hydrogens is 195 g/mol. The number of nitrogen functional groups attached to an aromatic ring is 2. The Morgan fingerprint density at radius 2 is 2.00 bits per heavy atom. The van der Waals surface area contributed by atoms with Crippen LogP contribution in [0.2, 0.25) is 0 Å². The number of aryl methyl sites for hydroxylation is 1. The molecule has 2 rings (SSSR count). The van der Waals surface area contributed by atoms with Crippen LogP contribution in [-0.4, -0.2) is 9.78 Å². The molecule has 5 heteroatoms. The zero-order chi connectivity index (χ0) is 11.0. The molecule has 0 aliphatic rings. The number of hydrogen-bond donors (Lipinski definition) is 2. The van der Waals surface area contributed by atoms with E-state index in [1.807, 2.05) is 0 Å². The second kappa shape index (κ2) is 3.27. The van der Waals surface area contributed by atoms with Crippen molar-refractivity contribution in [2.45, 2.75) is 0 Å². The minimum Gasteiger partial charge on any atom is -0.396 e. The van der Waals surface area contributed by atoms with E-state index in [1.165, 1.54) is 12.1 Å². The summed E-state index contributed by atoms with van der Waals surface area (Å²) in [5.74, 6) is 0.121. The molecule has 0 bridgehead atoms. The average Bonchev–Trinajstić information content (AvgIpc) is 2.52. The Kier molecular flexibility index (Phi) is 2.07. The summed E-state index contributed by atoms with van der Waals surface area (Å²) in [6.45, 7) is 0. The molecular formula is C10H11FN4. The number of nitrogens with zero attached hydrogens (tertiary/aromatic N) is 2. The minimum atomic E-state index is -0.428. The van der Waals surface area contributed by atoms with Crippen LogP contribution in [0.4, 0.5) is 15.9 Å². The quantitative estimate of drug-likeness (QED) is 0.693. The van der Waals surface area contributed by atoms with Crippen LogP contribution in [0.15, 0.2) is 24.3 Å². The van der Waals surface area contributed by atoms with Crippen molar-refractivity contribution in [3.05, 3.63) is 30.1 Å². The molecule has 78 valence electrons. The molecule has 0 radical (unpaired) electrons. The van der Waals surface area contributed by atoms with Gasteiger partial charge in [-0.2, -0.15) is 5.10 Å². The molecule has 2 aromatic rings. The van der Waals surface area contributed by atoms with Gasteiger partial charge in [-0.1, -0.05) is 0 Å². The predicted octanol–water partition coefficient (Wildman–Crippen LogP) is 1.39. The van der Waals surface area contributed by atoms with E-state index in [-0.39, 0.29) is 5.69 Å². The van der Waals surface area contributed by atoms with Gasteiger partial charge >= 0.3 is 0 Å². The van der Waals surface area contributed by atoms with Crippen LogP contribution in [0.25, 0.3) is 11.3 Å². The fourth-order valence-electron chi connectivity index (χ4n) is 1.33. The van der Waals surface area contributed by atoms with E-state index >= 15 is 0 Å². The Morgan fingerprint density at radius 1 is 1.27 bits per heavy atom. The van der Waals surface area contributed by atoms with E-state index in [0.717, 1.165) is 5.56 Å². The maximum absolute atomic E-state index is 12.9. The molecule has 4 nitrogen and oxygen atoms in total. The summed E-state index contributed by atoms with van der Waals surface area (Å²) in [6, 6.07) is 6.19. The second-order valence-electron chi connectivity index (χ2n) is 3.31.